The minimum atomic E-state index is -2.79. The number of carboxylic acids is 1. The Morgan fingerprint density at radius 3 is 2.77 bits per heavy atom. The van der Waals surface area contributed by atoms with Crippen molar-refractivity contribution in [1.29, 1.82) is 0 Å². The van der Waals surface area contributed by atoms with Crippen molar-refractivity contribution in [2.45, 2.75) is 19.3 Å². The van der Waals surface area contributed by atoms with Crippen molar-refractivity contribution in [1.82, 2.24) is 10.1 Å². The van der Waals surface area contributed by atoms with Crippen molar-refractivity contribution in [3.63, 3.8) is 0 Å². The van der Waals surface area contributed by atoms with Gasteiger partial charge in [0.15, 0.2) is 0 Å². The number of halogens is 2. The van der Waals surface area contributed by atoms with Gasteiger partial charge in [0.25, 0.3) is 0 Å². The van der Waals surface area contributed by atoms with E-state index in [0.29, 0.717) is 0 Å². The van der Waals surface area contributed by atoms with Gasteiger partial charge in [-0.3, -0.25) is 4.79 Å². The van der Waals surface area contributed by atoms with Crippen molar-refractivity contribution in [3.05, 3.63) is 11.7 Å². The SMILES string of the molecule is O=C(O)CCc1nc(C(F)F)no1. The fourth-order valence-corrected chi connectivity index (χ4v) is 0.672. The minimum Gasteiger partial charge on any atom is -0.481 e. The zero-order chi connectivity index (χ0) is 9.84. The molecule has 1 N–H and O–H groups in total. The van der Waals surface area contributed by atoms with Crippen LogP contribution in [0, 0.1) is 0 Å². The summed E-state index contributed by atoms with van der Waals surface area (Å²) in [6, 6.07) is 0. The van der Waals surface area contributed by atoms with E-state index in [1.807, 2.05) is 0 Å². The van der Waals surface area contributed by atoms with Crippen LogP contribution < -0.4 is 0 Å². The summed E-state index contributed by atoms with van der Waals surface area (Å²) < 4.78 is 28.1. The van der Waals surface area contributed by atoms with Gasteiger partial charge < -0.3 is 9.63 Å². The molecule has 72 valence electrons. The zero-order valence-electron chi connectivity index (χ0n) is 6.41. The monoisotopic (exact) mass is 192 g/mol. The molecule has 0 aliphatic rings. The molecule has 0 unspecified atom stereocenters. The average molecular weight is 192 g/mol. The second-order valence-corrected chi connectivity index (χ2v) is 2.24. The second-order valence-electron chi connectivity index (χ2n) is 2.24. The van der Waals surface area contributed by atoms with Crippen molar-refractivity contribution < 1.29 is 23.2 Å². The molecule has 5 nitrogen and oxygen atoms in total. The highest BCUT2D eigenvalue weighted by atomic mass is 19.3. The number of aromatic nitrogens is 2. The van der Waals surface area contributed by atoms with Gasteiger partial charge in [-0.1, -0.05) is 5.16 Å². The molecule has 0 aliphatic heterocycles. The summed E-state index contributed by atoms with van der Waals surface area (Å²) in [4.78, 5) is 13.4. The maximum atomic E-state index is 11.9. The molecular weight excluding hydrogens is 186 g/mol. The normalized spacial score (nSPS) is 10.7. The first-order chi connectivity index (χ1) is 6.09. The van der Waals surface area contributed by atoms with Crippen LogP contribution in [0.15, 0.2) is 4.52 Å². The van der Waals surface area contributed by atoms with Crippen LogP contribution in [0.25, 0.3) is 0 Å². The predicted octanol–water partition coefficient (Wildman–Crippen LogP) is 1.02. The maximum absolute atomic E-state index is 11.9. The van der Waals surface area contributed by atoms with E-state index >= 15 is 0 Å². The van der Waals surface area contributed by atoms with E-state index in [-0.39, 0.29) is 18.7 Å². The molecule has 0 saturated heterocycles. The molecule has 0 fully saturated rings. The lowest BCUT2D eigenvalue weighted by Gasteiger charge is -1.87. The largest absolute Gasteiger partial charge is 0.481 e. The zero-order valence-corrected chi connectivity index (χ0v) is 6.41. The molecule has 1 rings (SSSR count). The molecule has 13 heavy (non-hydrogen) atoms. The number of aliphatic carboxylic acids is 1. The lowest BCUT2D eigenvalue weighted by atomic mass is 10.3. The van der Waals surface area contributed by atoms with Crippen LogP contribution in [0.5, 0.6) is 0 Å². The Morgan fingerprint density at radius 1 is 1.62 bits per heavy atom. The first-order valence-electron chi connectivity index (χ1n) is 3.42. The third kappa shape index (κ3) is 2.77. The number of carboxylic acid groups (broad SMARTS) is 1. The Morgan fingerprint density at radius 2 is 2.31 bits per heavy atom. The molecule has 0 atom stereocenters. The van der Waals surface area contributed by atoms with Gasteiger partial charge in [-0.2, -0.15) is 4.98 Å². The first kappa shape index (κ1) is 9.56. The fraction of sp³-hybridized carbons (Fsp3) is 0.500. The topological polar surface area (TPSA) is 76.2 Å². The van der Waals surface area contributed by atoms with Gasteiger partial charge in [0, 0.05) is 6.42 Å². The summed E-state index contributed by atoms with van der Waals surface area (Å²) in [5.74, 6) is -1.84. The highest BCUT2D eigenvalue weighted by Crippen LogP contribution is 2.14. The van der Waals surface area contributed by atoms with Crippen molar-refractivity contribution in [2.24, 2.45) is 0 Å². The number of nitrogens with zero attached hydrogens (tertiary/aromatic N) is 2. The number of hydrogen-bond acceptors (Lipinski definition) is 4. The van der Waals surface area contributed by atoms with Gasteiger partial charge in [0.05, 0.1) is 6.42 Å². The summed E-state index contributed by atoms with van der Waals surface area (Å²) >= 11 is 0. The van der Waals surface area contributed by atoms with Crippen molar-refractivity contribution in [2.75, 3.05) is 0 Å². The molecule has 0 amide bonds. The number of aryl methyl sites for hydroxylation is 1. The van der Waals surface area contributed by atoms with Crippen LogP contribution in [0.2, 0.25) is 0 Å². The molecule has 0 spiro atoms. The summed E-state index contributed by atoms with van der Waals surface area (Å²) in [7, 11) is 0. The van der Waals surface area contributed by atoms with E-state index in [1.54, 1.807) is 0 Å². The van der Waals surface area contributed by atoms with Gasteiger partial charge in [-0.05, 0) is 0 Å². The molecule has 0 saturated carbocycles. The third-order valence-electron chi connectivity index (χ3n) is 1.23. The summed E-state index contributed by atoms with van der Waals surface area (Å²) in [5.41, 5.74) is 0. The average Bonchev–Trinajstić information content (AvgIpc) is 2.48. The molecule has 0 bridgehead atoms. The lowest BCUT2D eigenvalue weighted by molar-refractivity contribution is -0.137. The Balaban J connectivity index is 2.54. The van der Waals surface area contributed by atoms with E-state index in [0.717, 1.165) is 0 Å². The Hall–Kier alpha value is -1.53. The van der Waals surface area contributed by atoms with Gasteiger partial charge in [-0.15, -0.1) is 0 Å². The number of alkyl halides is 2. The maximum Gasteiger partial charge on any atom is 0.303 e. The Bertz CT molecular complexity index is 300. The molecule has 0 radical (unpaired) electrons. The molecule has 7 heteroatoms. The van der Waals surface area contributed by atoms with Crippen LogP contribution in [0.3, 0.4) is 0 Å². The Labute approximate surface area is 71.4 Å². The second kappa shape index (κ2) is 3.92. The molecule has 0 aromatic carbocycles. The predicted molar refractivity (Wildman–Crippen MR) is 35.2 cm³/mol. The van der Waals surface area contributed by atoms with Crippen molar-refractivity contribution >= 4 is 5.97 Å². The highest BCUT2D eigenvalue weighted by molar-refractivity contribution is 5.66. The van der Waals surface area contributed by atoms with E-state index in [4.69, 9.17) is 5.11 Å². The third-order valence-corrected chi connectivity index (χ3v) is 1.23. The van der Waals surface area contributed by atoms with Gasteiger partial charge >= 0.3 is 12.4 Å². The van der Waals surface area contributed by atoms with Gasteiger partial charge in [-0.25, -0.2) is 8.78 Å². The Kier molecular flexibility index (Phi) is 2.88. The summed E-state index contributed by atoms with van der Waals surface area (Å²) in [6.45, 7) is 0. The van der Waals surface area contributed by atoms with E-state index < -0.39 is 18.2 Å². The van der Waals surface area contributed by atoms with E-state index in [9.17, 15) is 13.6 Å². The van der Waals surface area contributed by atoms with Crippen LogP contribution >= 0.6 is 0 Å². The summed E-state index contributed by atoms with van der Waals surface area (Å²) in [6.07, 6.45) is -3.04. The molecule has 0 aliphatic carbocycles. The minimum absolute atomic E-state index is 0.0327. The highest BCUT2D eigenvalue weighted by Gasteiger charge is 2.15. The number of rotatable bonds is 4. The van der Waals surface area contributed by atoms with Gasteiger partial charge in [0.1, 0.15) is 0 Å². The molecular formula is C6H6F2N2O3. The smallest absolute Gasteiger partial charge is 0.303 e. The fourth-order valence-electron chi connectivity index (χ4n) is 0.672. The molecule has 1 aromatic heterocycles. The van der Waals surface area contributed by atoms with Crippen LogP contribution in [0.1, 0.15) is 24.6 Å². The summed E-state index contributed by atoms with van der Waals surface area (Å²) in [5, 5.41) is 11.2. The quantitative estimate of drug-likeness (QED) is 0.770. The van der Waals surface area contributed by atoms with Gasteiger partial charge in [0.2, 0.25) is 11.7 Å². The van der Waals surface area contributed by atoms with Crippen LogP contribution in [-0.2, 0) is 11.2 Å². The van der Waals surface area contributed by atoms with Crippen LogP contribution in [-0.4, -0.2) is 21.2 Å². The van der Waals surface area contributed by atoms with Crippen molar-refractivity contribution in [3.8, 4) is 0 Å². The van der Waals surface area contributed by atoms with Crippen LogP contribution in [0.4, 0.5) is 8.78 Å². The molecule has 1 aromatic rings. The van der Waals surface area contributed by atoms with E-state index in [2.05, 4.69) is 14.7 Å². The number of carbonyl (C=O) groups is 1. The van der Waals surface area contributed by atoms with E-state index in [1.165, 1.54) is 0 Å². The number of hydrogen-bond donors (Lipinski definition) is 1. The first-order valence-corrected chi connectivity index (χ1v) is 3.42. The molecule has 1 heterocycles. The standard InChI is InChI=1S/C6H6F2N2O3/c7-5(8)6-9-3(13-10-6)1-2-4(11)12/h5H,1-2H2,(H,11,12). The lowest BCUT2D eigenvalue weighted by Crippen LogP contribution is -1.97.